The van der Waals surface area contributed by atoms with E-state index in [0.717, 1.165) is 24.8 Å². The van der Waals surface area contributed by atoms with E-state index >= 15 is 0 Å². The highest BCUT2D eigenvalue weighted by Gasteiger charge is 2.44. The first kappa shape index (κ1) is 26.3. The highest BCUT2D eigenvalue weighted by molar-refractivity contribution is 6.03. The van der Waals surface area contributed by atoms with E-state index in [-0.39, 0.29) is 52.3 Å². The fourth-order valence-corrected chi connectivity index (χ4v) is 6.02. The number of fused-ring (bicyclic) bond motifs is 1. The molecule has 0 amide bonds. The molecule has 1 fully saturated rings. The molecule has 2 aromatic rings. The van der Waals surface area contributed by atoms with Crippen molar-refractivity contribution in [2.75, 3.05) is 6.61 Å². The summed E-state index contributed by atoms with van der Waals surface area (Å²) in [6.07, 6.45) is 9.77. The van der Waals surface area contributed by atoms with Gasteiger partial charge in [0, 0.05) is 24.6 Å². The lowest BCUT2D eigenvalue weighted by Crippen LogP contribution is -2.41. The molecule has 1 heterocycles. The Balaban J connectivity index is 1.72. The molecule has 1 aromatic carbocycles. The van der Waals surface area contributed by atoms with E-state index in [9.17, 15) is 29.7 Å². The Morgan fingerprint density at radius 1 is 1.16 bits per heavy atom. The van der Waals surface area contributed by atoms with Crippen molar-refractivity contribution < 1.29 is 29.6 Å². The summed E-state index contributed by atoms with van der Waals surface area (Å²) in [5.41, 5.74) is 0.552. The molecule has 8 heteroatoms. The highest BCUT2D eigenvalue weighted by Crippen LogP contribution is 2.49. The van der Waals surface area contributed by atoms with Crippen molar-refractivity contribution in [2.45, 2.75) is 40.0 Å². The summed E-state index contributed by atoms with van der Waals surface area (Å²) < 4.78 is 5.28. The van der Waals surface area contributed by atoms with Crippen LogP contribution < -0.4 is 5.56 Å². The number of hydrogen-bond donors (Lipinski definition) is 4. The third-order valence-corrected chi connectivity index (χ3v) is 7.78. The maximum atomic E-state index is 13.9. The van der Waals surface area contributed by atoms with Crippen LogP contribution in [-0.4, -0.2) is 38.7 Å². The molecule has 1 saturated carbocycles. The number of aromatic nitrogens is 1. The second-order valence-corrected chi connectivity index (χ2v) is 10.1. The minimum atomic E-state index is -0.696. The number of ketones is 1. The zero-order valence-electron chi connectivity index (χ0n) is 21.2. The Morgan fingerprint density at radius 2 is 1.92 bits per heavy atom. The van der Waals surface area contributed by atoms with Crippen LogP contribution in [0, 0.1) is 29.6 Å². The Hall–Kier alpha value is -3.81. The van der Waals surface area contributed by atoms with Gasteiger partial charge in [-0.05, 0) is 74.5 Å². The molecule has 5 atom stereocenters. The first-order chi connectivity index (χ1) is 17.6. The van der Waals surface area contributed by atoms with Gasteiger partial charge in [0.2, 0.25) is 0 Å². The van der Waals surface area contributed by atoms with Gasteiger partial charge in [-0.15, -0.1) is 0 Å². The van der Waals surface area contributed by atoms with Gasteiger partial charge in [0.05, 0.1) is 6.61 Å². The second-order valence-electron chi connectivity index (χ2n) is 10.1. The zero-order chi connectivity index (χ0) is 26.9. The molecule has 0 unspecified atom stereocenters. The predicted octanol–water partition coefficient (Wildman–Crippen LogP) is 4.71. The van der Waals surface area contributed by atoms with E-state index in [0.29, 0.717) is 12.2 Å². The van der Waals surface area contributed by atoms with E-state index < -0.39 is 23.0 Å². The molecule has 0 bridgehead atoms. The van der Waals surface area contributed by atoms with Gasteiger partial charge in [-0.25, -0.2) is 0 Å². The van der Waals surface area contributed by atoms with E-state index in [1.165, 1.54) is 31.3 Å². The Labute approximate surface area is 215 Å². The van der Waals surface area contributed by atoms with Crippen molar-refractivity contribution in [1.29, 1.82) is 0 Å². The lowest BCUT2D eigenvalue weighted by molar-refractivity contribution is -0.143. The number of carbonyl (C=O) groups excluding carboxylic acids is 2. The fourth-order valence-electron chi connectivity index (χ4n) is 6.02. The summed E-state index contributed by atoms with van der Waals surface area (Å²) >= 11 is 0. The number of Topliss-reactive ketones (excluding diaryl/α,β-unsaturated/α-hetero) is 1. The number of pyridine rings is 1. The van der Waals surface area contributed by atoms with Crippen LogP contribution in [0.2, 0.25) is 0 Å². The van der Waals surface area contributed by atoms with Crippen molar-refractivity contribution >= 4 is 11.8 Å². The van der Waals surface area contributed by atoms with Gasteiger partial charge in [0.25, 0.3) is 5.56 Å². The number of aromatic amines is 1. The van der Waals surface area contributed by atoms with Crippen molar-refractivity contribution in [3.63, 3.8) is 0 Å². The van der Waals surface area contributed by atoms with Crippen LogP contribution in [0.15, 0.2) is 53.0 Å². The molecular formula is C29H33NO7. The molecule has 0 saturated heterocycles. The van der Waals surface area contributed by atoms with Crippen LogP contribution in [-0.2, 0) is 9.53 Å². The van der Waals surface area contributed by atoms with Crippen LogP contribution in [0.25, 0.3) is 11.1 Å². The second kappa shape index (κ2) is 10.7. The number of allylic oxidation sites excluding steroid dienone is 4. The van der Waals surface area contributed by atoms with Crippen molar-refractivity contribution in [2.24, 2.45) is 29.6 Å². The third kappa shape index (κ3) is 5.19. The molecule has 0 radical (unpaired) electrons. The molecule has 8 nitrogen and oxygen atoms in total. The van der Waals surface area contributed by atoms with E-state index in [4.69, 9.17) is 4.74 Å². The van der Waals surface area contributed by atoms with Gasteiger partial charge in [-0.3, -0.25) is 14.4 Å². The summed E-state index contributed by atoms with van der Waals surface area (Å²) in [6, 6.07) is 3.99. The molecule has 196 valence electrons. The number of H-pyrrole nitrogens is 1. The maximum Gasteiger partial charge on any atom is 0.302 e. The van der Waals surface area contributed by atoms with Gasteiger partial charge < -0.3 is 25.0 Å². The van der Waals surface area contributed by atoms with E-state index in [2.05, 4.69) is 4.98 Å². The quantitative estimate of drug-likeness (QED) is 0.192. The van der Waals surface area contributed by atoms with E-state index in [1.54, 1.807) is 0 Å². The average molecular weight is 508 g/mol. The first-order valence-electron chi connectivity index (χ1n) is 12.6. The number of ether oxygens (including phenoxy) is 1. The van der Waals surface area contributed by atoms with E-state index in [1.807, 2.05) is 32.1 Å². The Bertz CT molecular complexity index is 1320. The van der Waals surface area contributed by atoms with Gasteiger partial charge in [0.1, 0.15) is 11.3 Å². The minimum Gasteiger partial charge on any atom is -0.506 e. The van der Waals surface area contributed by atoms with Crippen LogP contribution in [0.3, 0.4) is 0 Å². The molecule has 4 rings (SSSR count). The lowest BCUT2D eigenvalue weighted by Gasteiger charge is -2.45. The Kier molecular flexibility index (Phi) is 7.57. The van der Waals surface area contributed by atoms with Crippen molar-refractivity contribution in [3.05, 3.63) is 64.1 Å². The van der Waals surface area contributed by atoms with Gasteiger partial charge in [-0.1, -0.05) is 29.9 Å². The number of rotatable bonds is 6. The maximum absolute atomic E-state index is 13.9. The van der Waals surface area contributed by atoms with Crippen LogP contribution in [0.1, 0.15) is 50.4 Å². The topological polar surface area (TPSA) is 137 Å². The van der Waals surface area contributed by atoms with Crippen molar-refractivity contribution in [1.82, 2.24) is 4.98 Å². The number of nitrogens with one attached hydrogen (secondary N) is 1. The largest absolute Gasteiger partial charge is 0.506 e. The zero-order valence-corrected chi connectivity index (χ0v) is 21.2. The third-order valence-electron chi connectivity index (χ3n) is 7.78. The molecule has 1 aromatic heterocycles. The van der Waals surface area contributed by atoms with Gasteiger partial charge in [-0.2, -0.15) is 0 Å². The molecule has 4 N–H and O–H groups in total. The predicted molar refractivity (Wildman–Crippen MR) is 138 cm³/mol. The fraction of sp³-hybridized carbons (Fsp3) is 0.414. The number of phenols is 2. The molecule has 0 spiro atoms. The van der Waals surface area contributed by atoms with Gasteiger partial charge in [0.15, 0.2) is 17.3 Å². The Morgan fingerprint density at radius 3 is 2.59 bits per heavy atom. The number of benzene rings is 1. The normalized spacial score (nSPS) is 25.4. The average Bonchev–Trinajstić information content (AvgIpc) is 2.86. The molecule has 2 aliphatic rings. The molecule has 37 heavy (non-hydrogen) atoms. The van der Waals surface area contributed by atoms with Crippen LogP contribution >= 0.6 is 0 Å². The van der Waals surface area contributed by atoms with Crippen LogP contribution in [0.4, 0.5) is 0 Å². The smallest absolute Gasteiger partial charge is 0.302 e. The monoisotopic (exact) mass is 507 g/mol. The summed E-state index contributed by atoms with van der Waals surface area (Å²) in [4.78, 5) is 40.7. The molecule has 0 aliphatic heterocycles. The van der Waals surface area contributed by atoms with Gasteiger partial charge >= 0.3 is 5.97 Å². The SMILES string of the molecule is C/C=C/[C@@H]1[C@H]2C[C@@H](COC(C)=O)CC[C@@H]2C(C)=C[C@H]1C(=O)c1c(O)c(-c2ccc(O)c(O)c2)c[nH]c1=O. The lowest BCUT2D eigenvalue weighted by atomic mass is 9.59. The summed E-state index contributed by atoms with van der Waals surface area (Å²) in [7, 11) is 0. The summed E-state index contributed by atoms with van der Waals surface area (Å²) in [6.45, 7) is 5.65. The van der Waals surface area contributed by atoms with Crippen molar-refractivity contribution in [3.8, 4) is 28.4 Å². The van der Waals surface area contributed by atoms with Crippen LogP contribution in [0.5, 0.6) is 17.2 Å². The molecular weight excluding hydrogens is 474 g/mol. The number of esters is 1. The first-order valence-corrected chi connectivity index (χ1v) is 12.6. The summed E-state index contributed by atoms with van der Waals surface area (Å²) in [5.74, 6) is -2.20. The number of carbonyl (C=O) groups is 2. The summed E-state index contributed by atoms with van der Waals surface area (Å²) in [5, 5.41) is 30.6. The number of hydrogen-bond acceptors (Lipinski definition) is 7. The highest BCUT2D eigenvalue weighted by atomic mass is 16.5. The standard InChI is InChI=1S/C29H33NO7/c1-4-5-20-21-11-17(14-37-16(3)31)6-8-19(21)15(2)10-22(20)27(34)26-28(35)23(13-30-29(26)36)18-7-9-24(32)25(33)12-18/h4-5,7,9-10,12-13,17,19-22,32-33H,6,8,11,14H2,1-3H3,(H2,30,35,36)/b5-4+/t17-,19+,20+,21-,22+/m0/s1. The number of aromatic hydroxyl groups is 3. The number of phenolic OH excluding ortho intramolecular Hbond substituents is 2. The minimum absolute atomic E-state index is 0.128. The molecule has 2 aliphatic carbocycles.